The highest BCUT2D eigenvalue weighted by atomic mass is 32.1. The van der Waals surface area contributed by atoms with Crippen LogP contribution in [-0.4, -0.2) is 9.98 Å². The van der Waals surface area contributed by atoms with E-state index in [1.165, 1.54) is 0 Å². The molecule has 0 atom stereocenters. The lowest BCUT2D eigenvalue weighted by Gasteiger charge is -2.06. The molecule has 84 valence electrons. The Morgan fingerprint density at radius 3 is 2.00 bits per heavy atom. The molecule has 0 radical (unpaired) electrons. The van der Waals surface area contributed by atoms with Gasteiger partial charge in [-0.1, -0.05) is 66.8 Å². The number of hydrogen-bond acceptors (Lipinski definition) is 2. The summed E-state index contributed by atoms with van der Waals surface area (Å²) in [5.74, 6) is -0.0300. The van der Waals surface area contributed by atoms with Gasteiger partial charge in [0.1, 0.15) is 0 Å². The van der Waals surface area contributed by atoms with E-state index in [9.17, 15) is 4.79 Å². The Kier molecular flexibility index (Phi) is 3.71. The van der Waals surface area contributed by atoms with Crippen molar-refractivity contribution in [2.24, 2.45) is 0 Å². The third kappa shape index (κ3) is 2.62. The number of carbonyl (C=O) groups is 1. The van der Waals surface area contributed by atoms with Gasteiger partial charge in [-0.2, -0.15) is 0 Å². The monoisotopic (exact) mass is 258 g/mol. The summed E-state index contributed by atoms with van der Waals surface area (Å²) < 4.78 is 0.435. The maximum atomic E-state index is 12.3. The van der Waals surface area contributed by atoms with E-state index in [2.05, 4.69) is 12.6 Å². The van der Waals surface area contributed by atoms with Gasteiger partial charge < -0.3 is 0 Å². The van der Waals surface area contributed by atoms with Crippen LogP contribution in [-0.2, 0) is 0 Å². The summed E-state index contributed by atoms with van der Waals surface area (Å²) >= 11 is 9.17. The maximum absolute atomic E-state index is 12.3. The largest absolute Gasteiger partial charge is 0.289 e. The minimum Gasteiger partial charge on any atom is -0.289 e. The van der Waals surface area contributed by atoms with Crippen LogP contribution in [0, 0.1) is 0 Å². The van der Waals surface area contributed by atoms with E-state index in [1.54, 1.807) is 18.2 Å². The smallest absolute Gasteiger partial charge is 0.193 e. The molecule has 0 saturated heterocycles. The van der Waals surface area contributed by atoms with Crippen molar-refractivity contribution in [3.63, 3.8) is 0 Å². The number of hydrogen-bond donors (Lipinski definition) is 1. The first-order chi connectivity index (χ1) is 8.20. The van der Waals surface area contributed by atoms with Gasteiger partial charge in [0.25, 0.3) is 0 Å². The molecule has 17 heavy (non-hydrogen) atoms. The van der Waals surface area contributed by atoms with Crippen LogP contribution in [0.1, 0.15) is 21.5 Å². The fourth-order valence-electron chi connectivity index (χ4n) is 1.61. The molecule has 0 aliphatic rings. The molecule has 0 amide bonds. The molecule has 0 aromatic heterocycles. The predicted octanol–water partition coefficient (Wildman–Crippen LogP) is 3.52. The molecular formula is C14H10OS2. The maximum Gasteiger partial charge on any atom is 0.193 e. The van der Waals surface area contributed by atoms with Crippen molar-refractivity contribution in [1.82, 2.24) is 0 Å². The van der Waals surface area contributed by atoms with Crippen molar-refractivity contribution in [3.05, 3.63) is 71.3 Å². The molecule has 0 bridgehead atoms. The summed E-state index contributed by atoms with van der Waals surface area (Å²) in [6, 6.07) is 16.4. The molecule has 0 spiro atoms. The molecule has 1 nitrogen and oxygen atoms in total. The van der Waals surface area contributed by atoms with Gasteiger partial charge in [0.2, 0.25) is 0 Å². The topological polar surface area (TPSA) is 17.1 Å². The first-order valence-corrected chi connectivity index (χ1v) is 5.98. The van der Waals surface area contributed by atoms with Crippen LogP contribution in [0.4, 0.5) is 0 Å². The van der Waals surface area contributed by atoms with Gasteiger partial charge in [-0.25, -0.2) is 0 Å². The lowest BCUT2D eigenvalue weighted by atomic mass is 9.99. The number of ketones is 1. The zero-order valence-electron chi connectivity index (χ0n) is 8.96. The molecule has 0 aliphatic heterocycles. The van der Waals surface area contributed by atoms with Crippen LogP contribution < -0.4 is 0 Å². The van der Waals surface area contributed by atoms with E-state index in [-0.39, 0.29) is 5.78 Å². The first kappa shape index (κ1) is 12.0. The number of rotatable bonds is 3. The standard InChI is InChI=1S/C14H10OS2/c15-13(10-6-2-1-3-7-10)11-8-4-5-9-12(11)14(16)17/h1-9H,(H,16,17). The Bertz CT molecular complexity index is 561. The molecule has 3 heteroatoms. The van der Waals surface area contributed by atoms with Crippen molar-refractivity contribution in [2.45, 2.75) is 0 Å². The van der Waals surface area contributed by atoms with E-state index >= 15 is 0 Å². The Hall–Kier alpha value is -1.45. The summed E-state index contributed by atoms with van der Waals surface area (Å²) in [4.78, 5) is 12.3. The second-order valence-electron chi connectivity index (χ2n) is 3.55. The van der Waals surface area contributed by atoms with Crippen molar-refractivity contribution >= 4 is 34.8 Å². The lowest BCUT2D eigenvalue weighted by molar-refractivity contribution is 0.103. The number of thiol groups is 1. The fourth-order valence-corrected chi connectivity index (χ4v) is 1.99. The van der Waals surface area contributed by atoms with Gasteiger partial charge in [-0.3, -0.25) is 4.79 Å². The first-order valence-electron chi connectivity index (χ1n) is 5.12. The Morgan fingerprint density at radius 2 is 1.41 bits per heavy atom. The molecule has 2 aromatic carbocycles. The van der Waals surface area contributed by atoms with Crippen molar-refractivity contribution < 1.29 is 4.79 Å². The third-order valence-electron chi connectivity index (χ3n) is 2.44. The van der Waals surface area contributed by atoms with Crippen LogP contribution in [0.3, 0.4) is 0 Å². The zero-order valence-corrected chi connectivity index (χ0v) is 10.7. The summed E-state index contributed by atoms with van der Waals surface area (Å²) in [5, 5.41) is 0. The Morgan fingerprint density at radius 1 is 0.882 bits per heavy atom. The van der Waals surface area contributed by atoms with E-state index in [1.807, 2.05) is 36.4 Å². The number of benzene rings is 2. The van der Waals surface area contributed by atoms with E-state index in [0.717, 1.165) is 0 Å². The van der Waals surface area contributed by atoms with Crippen molar-refractivity contribution in [1.29, 1.82) is 0 Å². The minimum absolute atomic E-state index is 0.0300. The second-order valence-corrected chi connectivity index (χ2v) is 4.70. The summed E-state index contributed by atoms with van der Waals surface area (Å²) in [5.41, 5.74) is 1.96. The number of thiocarbonyl (C=S) groups is 1. The molecule has 2 rings (SSSR count). The molecule has 2 aromatic rings. The third-order valence-corrected chi connectivity index (χ3v) is 2.90. The zero-order chi connectivity index (χ0) is 12.3. The van der Waals surface area contributed by atoms with Crippen LogP contribution in [0.15, 0.2) is 54.6 Å². The van der Waals surface area contributed by atoms with Crippen LogP contribution >= 0.6 is 24.8 Å². The predicted molar refractivity (Wildman–Crippen MR) is 77.0 cm³/mol. The lowest BCUT2D eigenvalue weighted by Crippen LogP contribution is -2.06. The van der Waals surface area contributed by atoms with Gasteiger partial charge in [-0.15, -0.1) is 12.6 Å². The molecule has 0 heterocycles. The quantitative estimate of drug-likeness (QED) is 0.515. The van der Waals surface area contributed by atoms with Crippen molar-refractivity contribution in [2.75, 3.05) is 0 Å². The van der Waals surface area contributed by atoms with Crippen LogP contribution in [0.5, 0.6) is 0 Å². The minimum atomic E-state index is -0.0300. The highest BCUT2D eigenvalue weighted by Gasteiger charge is 2.13. The normalized spacial score (nSPS) is 9.94. The average molecular weight is 258 g/mol. The molecule has 0 aliphatic carbocycles. The molecule has 0 unspecified atom stereocenters. The molecule has 0 saturated carbocycles. The van der Waals surface area contributed by atoms with Crippen LogP contribution in [0.25, 0.3) is 0 Å². The van der Waals surface area contributed by atoms with E-state index < -0.39 is 0 Å². The van der Waals surface area contributed by atoms with Crippen molar-refractivity contribution in [3.8, 4) is 0 Å². The average Bonchev–Trinajstić information content (AvgIpc) is 2.39. The van der Waals surface area contributed by atoms with Gasteiger partial charge in [0.15, 0.2) is 5.78 Å². The van der Waals surface area contributed by atoms with Gasteiger partial charge in [0, 0.05) is 16.7 Å². The van der Waals surface area contributed by atoms with Gasteiger partial charge in [-0.05, 0) is 0 Å². The molecule has 0 fully saturated rings. The highest BCUT2D eigenvalue weighted by Crippen LogP contribution is 2.16. The van der Waals surface area contributed by atoms with Gasteiger partial charge in [0.05, 0.1) is 4.20 Å². The van der Waals surface area contributed by atoms with Crippen LogP contribution in [0.2, 0.25) is 0 Å². The highest BCUT2D eigenvalue weighted by molar-refractivity contribution is 8.11. The number of carbonyl (C=O) groups excluding carboxylic acids is 1. The molecular weight excluding hydrogens is 248 g/mol. The van der Waals surface area contributed by atoms with Gasteiger partial charge >= 0.3 is 0 Å². The fraction of sp³-hybridized carbons (Fsp3) is 0. The summed E-state index contributed by atoms with van der Waals surface area (Å²) in [6.45, 7) is 0. The Balaban J connectivity index is 2.48. The SMILES string of the molecule is O=C(c1ccccc1)c1ccccc1C(=S)S. The van der Waals surface area contributed by atoms with E-state index in [0.29, 0.717) is 20.9 Å². The summed E-state index contributed by atoms with van der Waals surface area (Å²) in [6.07, 6.45) is 0. The second kappa shape index (κ2) is 5.25. The Labute approximate surface area is 111 Å². The summed E-state index contributed by atoms with van der Waals surface area (Å²) in [7, 11) is 0. The molecule has 0 N–H and O–H groups in total. The van der Waals surface area contributed by atoms with E-state index in [4.69, 9.17) is 12.2 Å².